The summed E-state index contributed by atoms with van der Waals surface area (Å²) in [7, 11) is -3.58. The fourth-order valence-electron chi connectivity index (χ4n) is 2.30. The van der Waals surface area contributed by atoms with Crippen molar-refractivity contribution in [1.82, 2.24) is 0 Å². The first-order chi connectivity index (χ1) is 11.8. The van der Waals surface area contributed by atoms with Gasteiger partial charge in [-0.1, -0.05) is 37.3 Å². The van der Waals surface area contributed by atoms with E-state index in [4.69, 9.17) is 4.74 Å². The molecule has 0 radical (unpaired) electrons. The highest BCUT2D eigenvalue weighted by Crippen LogP contribution is 2.17. The van der Waals surface area contributed by atoms with Crippen LogP contribution in [0.1, 0.15) is 22.8 Å². The second kappa shape index (κ2) is 7.94. The molecule has 0 fully saturated rings. The lowest BCUT2D eigenvalue weighted by Gasteiger charge is -2.11. The molecule has 0 spiro atoms. The maximum absolute atomic E-state index is 12.1. The highest BCUT2D eigenvalue weighted by molar-refractivity contribution is 7.90. The molecule has 7 heteroatoms. The third-order valence-corrected chi connectivity index (χ3v) is 4.67. The molecule has 1 amide bonds. The van der Waals surface area contributed by atoms with E-state index in [1.54, 1.807) is 12.1 Å². The number of hydrogen-bond acceptors (Lipinski definition) is 5. The maximum Gasteiger partial charge on any atom is 0.339 e. The molecular weight excluding hydrogens is 342 g/mol. The number of sulfone groups is 1. The molecule has 132 valence electrons. The third kappa shape index (κ3) is 4.90. The molecule has 2 aromatic rings. The van der Waals surface area contributed by atoms with E-state index in [2.05, 4.69) is 5.32 Å². The van der Waals surface area contributed by atoms with Gasteiger partial charge in [0.1, 0.15) is 0 Å². The maximum atomic E-state index is 12.1. The molecule has 0 aromatic heterocycles. The summed E-state index contributed by atoms with van der Waals surface area (Å²) in [5.74, 6) is -1.36. The van der Waals surface area contributed by atoms with Crippen LogP contribution in [0.3, 0.4) is 0 Å². The molecule has 0 aliphatic carbocycles. The molecule has 0 unspecified atom stereocenters. The Hall–Kier alpha value is -2.67. The lowest BCUT2D eigenvalue weighted by Crippen LogP contribution is -2.22. The van der Waals surface area contributed by atoms with Crippen LogP contribution >= 0.6 is 0 Å². The van der Waals surface area contributed by atoms with Gasteiger partial charge in [-0.2, -0.15) is 0 Å². The monoisotopic (exact) mass is 361 g/mol. The van der Waals surface area contributed by atoms with E-state index >= 15 is 0 Å². The summed E-state index contributed by atoms with van der Waals surface area (Å²) in [5, 5.41) is 2.68. The summed E-state index contributed by atoms with van der Waals surface area (Å²) >= 11 is 0. The molecule has 2 rings (SSSR count). The minimum atomic E-state index is -3.58. The van der Waals surface area contributed by atoms with Crippen molar-refractivity contribution in [2.75, 3.05) is 18.2 Å². The van der Waals surface area contributed by atoms with Crippen molar-refractivity contribution in [3.05, 3.63) is 59.7 Å². The van der Waals surface area contributed by atoms with Crippen molar-refractivity contribution in [2.24, 2.45) is 0 Å². The van der Waals surface area contributed by atoms with Crippen molar-refractivity contribution in [1.29, 1.82) is 0 Å². The first-order valence-corrected chi connectivity index (χ1v) is 9.56. The molecule has 0 aliphatic heterocycles. The summed E-state index contributed by atoms with van der Waals surface area (Å²) in [6.45, 7) is 1.46. The summed E-state index contributed by atoms with van der Waals surface area (Å²) in [6.07, 6.45) is 1.76. The molecule has 2 aromatic carbocycles. The number of anilines is 1. The summed E-state index contributed by atoms with van der Waals surface area (Å²) in [5.41, 5.74) is 1.53. The van der Waals surface area contributed by atoms with Gasteiger partial charge in [-0.3, -0.25) is 4.79 Å². The zero-order chi connectivity index (χ0) is 18.4. The Morgan fingerprint density at radius 1 is 1.04 bits per heavy atom. The van der Waals surface area contributed by atoms with Gasteiger partial charge in [0, 0.05) is 11.9 Å². The van der Waals surface area contributed by atoms with Gasteiger partial charge >= 0.3 is 5.97 Å². The first-order valence-electron chi connectivity index (χ1n) is 7.67. The summed E-state index contributed by atoms with van der Waals surface area (Å²) in [6, 6.07) is 13.0. The summed E-state index contributed by atoms with van der Waals surface area (Å²) < 4.78 is 28.4. The molecule has 0 heterocycles. The lowest BCUT2D eigenvalue weighted by molar-refractivity contribution is -0.119. The van der Waals surface area contributed by atoms with Crippen LogP contribution in [0.15, 0.2) is 53.4 Å². The predicted molar refractivity (Wildman–Crippen MR) is 94.3 cm³/mol. The Morgan fingerprint density at radius 2 is 1.68 bits per heavy atom. The Kier molecular flexibility index (Phi) is 5.93. The van der Waals surface area contributed by atoms with Gasteiger partial charge in [-0.15, -0.1) is 0 Å². The van der Waals surface area contributed by atoms with Gasteiger partial charge in [-0.05, 0) is 30.2 Å². The Balaban J connectivity index is 2.05. The molecule has 0 saturated carbocycles. The molecule has 0 atom stereocenters. The van der Waals surface area contributed by atoms with E-state index in [1.807, 2.05) is 19.1 Å². The average Bonchev–Trinajstić information content (AvgIpc) is 2.59. The van der Waals surface area contributed by atoms with E-state index in [9.17, 15) is 18.0 Å². The van der Waals surface area contributed by atoms with Crippen molar-refractivity contribution >= 4 is 27.4 Å². The fraction of sp³-hybridized carbons (Fsp3) is 0.222. The number of nitrogens with one attached hydrogen (secondary N) is 1. The van der Waals surface area contributed by atoms with Crippen LogP contribution in [-0.4, -0.2) is 33.2 Å². The topological polar surface area (TPSA) is 89.5 Å². The minimum Gasteiger partial charge on any atom is -0.452 e. The van der Waals surface area contributed by atoms with Crippen molar-refractivity contribution in [3.63, 3.8) is 0 Å². The number of carbonyl (C=O) groups excluding carboxylic acids is 2. The number of amides is 1. The Labute approximate surface area is 146 Å². The van der Waals surface area contributed by atoms with E-state index in [-0.39, 0.29) is 10.5 Å². The second-order valence-electron chi connectivity index (χ2n) is 5.40. The highest BCUT2D eigenvalue weighted by atomic mass is 32.2. The largest absolute Gasteiger partial charge is 0.452 e. The van der Waals surface area contributed by atoms with Crippen LogP contribution in [0.5, 0.6) is 0 Å². The van der Waals surface area contributed by atoms with Gasteiger partial charge in [0.25, 0.3) is 5.91 Å². The summed E-state index contributed by atoms with van der Waals surface area (Å²) in [4.78, 5) is 24.0. The zero-order valence-electron chi connectivity index (χ0n) is 14.0. The fourth-order valence-corrected chi connectivity index (χ4v) is 3.18. The van der Waals surface area contributed by atoms with Crippen LogP contribution in [-0.2, 0) is 25.8 Å². The molecule has 0 aliphatic rings. The van der Waals surface area contributed by atoms with E-state index < -0.39 is 28.3 Å². The number of rotatable bonds is 6. The van der Waals surface area contributed by atoms with Crippen molar-refractivity contribution < 1.29 is 22.7 Å². The van der Waals surface area contributed by atoms with Crippen LogP contribution < -0.4 is 5.32 Å². The number of aryl methyl sites for hydroxylation is 1. The average molecular weight is 361 g/mol. The molecule has 0 bridgehead atoms. The number of carbonyl (C=O) groups is 2. The molecular formula is C18H19NO5S. The standard InChI is InChI=1S/C18H19NO5S/c1-3-13-8-4-6-10-15(13)19-17(20)12-24-18(21)14-9-5-7-11-16(14)25(2,22)23/h4-11H,3,12H2,1-2H3,(H,19,20). The van der Waals surface area contributed by atoms with Gasteiger partial charge in [0.2, 0.25) is 0 Å². The second-order valence-corrected chi connectivity index (χ2v) is 7.39. The van der Waals surface area contributed by atoms with E-state index in [0.717, 1.165) is 18.2 Å². The highest BCUT2D eigenvalue weighted by Gasteiger charge is 2.20. The third-order valence-electron chi connectivity index (χ3n) is 3.51. The van der Waals surface area contributed by atoms with E-state index in [1.165, 1.54) is 24.3 Å². The first kappa shape index (κ1) is 18.7. The smallest absolute Gasteiger partial charge is 0.339 e. The number of ether oxygens (including phenoxy) is 1. The molecule has 25 heavy (non-hydrogen) atoms. The molecule has 0 saturated heterocycles. The van der Waals surface area contributed by atoms with Gasteiger partial charge in [-0.25, -0.2) is 13.2 Å². The Bertz CT molecular complexity index is 890. The van der Waals surface area contributed by atoms with Gasteiger partial charge in [0.05, 0.1) is 10.5 Å². The van der Waals surface area contributed by atoms with E-state index in [0.29, 0.717) is 5.69 Å². The number of esters is 1. The zero-order valence-corrected chi connectivity index (χ0v) is 14.8. The van der Waals surface area contributed by atoms with Crippen LogP contribution in [0.2, 0.25) is 0 Å². The number of benzene rings is 2. The van der Waals surface area contributed by atoms with Crippen LogP contribution in [0.4, 0.5) is 5.69 Å². The SMILES string of the molecule is CCc1ccccc1NC(=O)COC(=O)c1ccccc1S(C)(=O)=O. The lowest BCUT2D eigenvalue weighted by atomic mass is 10.1. The normalized spacial score (nSPS) is 11.0. The van der Waals surface area contributed by atoms with Crippen LogP contribution in [0.25, 0.3) is 0 Å². The van der Waals surface area contributed by atoms with Gasteiger partial charge < -0.3 is 10.1 Å². The van der Waals surface area contributed by atoms with Crippen LogP contribution in [0, 0.1) is 0 Å². The minimum absolute atomic E-state index is 0.0910. The van der Waals surface area contributed by atoms with Crippen molar-refractivity contribution in [3.8, 4) is 0 Å². The Morgan fingerprint density at radius 3 is 2.36 bits per heavy atom. The molecule has 6 nitrogen and oxygen atoms in total. The van der Waals surface area contributed by atoms with Crippen molar-refractivity contribution in [2.45, 2.75) is 18.2 Å². The molecule has 1 N–H and O–H groups in total. The quantitative estimate of drug-likeness (QED) is 0.798. The van der Waals surface area contributed by atoms with Gasteiger partial charge in [0.15, 0.2) is 16.4 Å². The predicted octanol–water partition coefficient (Wildman–Crippen LogP) is 2.45. The number of hydrogen-bond donors (Lipinski definition) is 1. The number of para-hydroxylation sites is 1.